The predicted octanol–water partition coefficient (Wildman–Crippen LogP) is 2.43. The summed E-state index contributed by atoms with van der Waals surface area (Å²) in [5.41, 5.74) is 1.10. The molecule has 0 unspecified atom stereocenters. The molecule has 0 aliphatic rings. The van der Waals surface area contributed by atoms with Crippen LogP contribution in [0.15, 0.2) is 41.1 Å². The Kier molecular flexibility index (Phi) is 3.69. The maximum absolute atomic E-state index is 10.5. The minimum Gasteiger partial charge on any atom is -0.404 e. The minimum absolute atomic E-state index is 0.122. The number of nitrogens with zero attached hydrogens (tertiary/aromatic N) is 2. The maximum Gasteiger partial charge on any atom is 0.433 e. The largest absolute Gasteiger partial charge is 0.433 e. The van der Waals surface area contributed by atoms with E-state index in [1.807, 2.05) is 19.1 Å². The smallest absolute Gasteiger partial charge is 0.404 e. The summed E-state index contributed by atoms with van der Waals surface area (Å²) in [4.78, 5) is 13.9. The highest BCUT2D eigenvalue weighted by molar-refractivity contribution is 5.18. The summed E-state index contributed by atoms with van der Waals surface area (Å²) in [5.74, 6) is 0.311. The van der Waals surface area contributed by atoms with Crippen molar-refractivity contribution in [1.82, 2.24) is 10.3 Å². The van der Waals surface area contributed by atoms with Crippen LogP contribution >= 0.6 is 0 Å². The lowest BCUT2D eigenvalue weighted by Gasteiger charge is -2.12. The van der Waals surface area contributed by atoms with Crippen LogP contribution in [0.5, 0.6) is 0 Å². The number of aromatic nitrogens is 1. The van der Waals surface area contributed by atoms with Crippen LogP contribution in [-0.4, -0.2) is 9.91 Å². The zero-order valence-corrected chi connectivity index (χ0v) is 9.87. The number of nitro groups is 1. The van der Waals surface area contributed by atoms with E-state index in [0.29, 0.717) is 12.3 Å². The molecule has 2 heterocycles. The Balaban J connectivity index is 1.93. The van der Waals surface area contributed by atoms with E-state index in [1.54, 1.807) is 18.5 Å². The first-order chi connectivity index (χ1) is 8.66. The summed E-state index contributed by atoms with van der Waals surface area (Å²) in [5, 5.41) is 13.7. The fourth-order valence-corrected chi connectivity index (χ4v) is 1.58. The Morgan fingerprint density at radius 1 is 1.39 bits per heavy atom. The molecule has 0 aliphatic carbocycles. The number of pyridine rings is 1. The molecule has 0 radical (unpaired) electrons. The first kappa shape index (κ1) is 12.3. The predicted molar refractivity (Wildman–Crippen MR) is 64.9 cm³/mol. The lowest BCUT2D eigenvalue weighted by molar-refractivity contribution is -0.402. The van der Waals surface area contributed by atoms with Gasteiger partial charge >= 0.3 is 5.88 Å². The molecule has 1 atom stereocenters. The zero-order valence-electron chi connectivity index (χ0n) is 9.87. The summed E-state index contributed by atoms with van der Waals surface area (Å²) in [6, 6.07) is 6.92. The van der Waals surface area contributed by atoms with Gasteiger partial charge in [0.2, 0.25) is 0 Å². The van der Waals surface area contributed by atoms with E-state index in [0.717, 1.165) is 5.56 Å². The molecule has 0 bridgehead atoms. The van der Waals surface area contributed by atoms with E-state index in [-0.39, 0.29) is 11.9 Å². The summed E-state index contributed by atoms with van der Waals surface area (Å²) < 4.78 is 5.06. The first-order valence-electron chi connectivity index (χ1n) is 5.53. The minimum atomic E-state index is -0.546. The van der Waals surface area contributed by atoms with Crippen molar-refractivity contribution in [3.63, 3.8) is 0 Å². The van der Waals surface area contributed by atoms with Crippen molar-refractivity contribution in [3.05, 3.63) is 58.1 Å². The van der Waals surface area contributed by atoms with E-state index >= 15 is 0 Å². The molecule has 0 saturated heterocycles. The van der Waals surface area contributed by atoms with Crippen LogP contribution in [0.25, 0.3) is 0 Å². The molecule has 0 fully saturated rings. The van der Waals surface area contributed by atoms with Crippen molar-refractivity contribution < 1.29 is 9.34 Å². The molecule has 6 nitrogen and oxygen atoms in total. The van der Waals surface area contributed by atoms with Crippen molar-refractivity contribution in [1.29, 1.82) is 0 Å². The standard InChI is InChI=1S/C12H13N3O3/c1-9(10-4-6-13-7-5-10)14-8-11-2-3-12(18-11)15(16)17/h2-7,9,14H,8H2,1H3/t9-/m1/s1. The molecule has 0 amide bonds. The van der Waals surface area contributed by atoms with Gasteiger partial charge in [0.1, 0.15) is 10.7 Å². The summed E-state index contributed by atoms with van der Waals surface area (Å²) in [7, 11) is 0. The molecular formula is C12H13N3O3. The fraction of sp³-hybridized carbons (Fsp3) is 0.250. The van der Waals surface area contributed by atoms with E-state index in [9.17, 15) is 10.1 Å². The monoisotopic (exact) mass is 247 g/mol. The lowest BCUT2D eigenvalue weighted by atomic mass is 10.1. The Hall–Kier alpha value is -2.21. The second-order valence-electron chi connectivity index (χ2n) is 3.88. The number of nitrogens with one attached hydrogen (secondary N) is 1. The molecular weight excluding hydrogens is 234 g/mol. The Morgan fingerprint density at radius 2 is 2.11 bits per heavy atom. The number of rotatable bonds is 5. The second kappa shape index (κ2) is 5.42. The van der Waals surface area contributed by atoms with Crippen LogP contribution in [0.1, 0.15) is 24.3 Å². The Bertz CT molecular complexity index is 524. The Labute approximate surface area is 104 Å². The van der Waals surface area contributed by atoms with Gasteiger partial charge in [0.05, 0.1) is 12.6 Å². The number of hydrogen-bond acceptors (Lipinski definition) is 5. The van der Waals surface area contributed by atoms with Gasteiger partial charge < -0.3 is 9.73 Å². The van der Waals surface area contributed by atoms with Crippen molar-refractivity contribution >= 4 is 5.88 Å². The van der Waals surface area contributed by atoms with E-state index in [2.05, 4.69) is 10.3 Å². The van der Waals surface area contributed by atoms with Crippen LogP contribution < -0.4 is 5.32 Å². The topological polar surface area (TPSA) is 81.2 Å². The van der Waals surface area contributed by atoms with Crippen LogP contribution in [0.2, 0.25) is 0 Å². The van der Waals surface area contributed by atoms with Crippen LogP contribution in [-0.2, 0) is 6.54 Å². The zero-order chi connectivity index (χ0) is 13.0. The molecule has 0 aromatic carbocycles. The third kappa shape index (κ3) is 2.92. The molecule has 1 N–H and O–H groups in total. The SMILES string of the molecule is C[C@@H](NCc1ccc([N+](=O)[O-])o1)c1ccncc1. The third-order valence-corrected chi connectivity index (χ3v) is 2.62. The van der Waals surface area contributed by atoms with E-state index in [1.165, 1.54) is 6.07 Å². The van der Waals surface area contributed by atoms with Gasteiger partial charge in [-0.05, 0) is 30.7 Å². The van der Waals surface area contributed by atoms with Crippen LogP contribution in [0.4, 0.5) is 5.88 Å². The van der Waals surface area contributed by atoms with Gasteiger partial charge in [0.25, 0.3) is 0 Å². The lowest BCUT2D eigenvalue weighted by Crippen LogP contribution is -2.17. The summed E-state index contributed by atoms with van der Waals surface area (Å²) in [6.07, 6.45) is 3.45. The Morgan fingerprint density at radius 3 is 2.72 bits per heavy atom. The van der Waals surface area contributed by atoms with Crippen LogP contribution in [0.3, 0.4) is 0 Å². The molecule has 0 spiro atoms. The van der Waals surface area contributed by atoms with Gasteiger partial charge in [-0.25, -0.2) is 0 Å². The number of hydrogen-bond donors (Lipinski definition) is 1. The van der Waals surface area contributed by atoms with Gasteiger partial charge in [-0.1, -0.05) is 0 Å². The second-order valence-corrected chi connectivity index (χ2v) is 3.88. The maximum atomic E-state index is 10.5. The molecule has 18 heavy (non-hydrogen) atoms. The van der Waals surface area contributed by atoms with Gasteiger partial charge in [0, 0.05) is 18.4 Å². The van der Waals surface area contributed by atoms with Crippen molar-refractivity contribution in [3.8, 4) is 0 Å². The fourth-order valence-electron chi connectivity index (χ4n) is 1.58. The van der Waals surface area contributed by atoms with E-state index in [4.69, 9.17) is 4.42 Å². The molecule has 2 rings (SSSR count). The quantitative estimate of drug-likeness (QED) is 0.648. The molecule has 2 aromatic rings. The first-order valence-corrected chi connectivity index (χ1v) is 5.53. The van der Waals surface area contributed by atoms with Gasteiger partial charge in [-0.15, -0.1) is 0 Å². The van der Waals surface area contributed by atoms with Crippen molar-refractivity contribution in [2.45, 2.75) is 19.5 Å². The molecule has 0 aliphatic heterocycles. The molecule has 6 heteroatoms. The van der Waals surface area contributed by atoms with E-state index < -0.39 is 4.92 Å². The van der Waals surface area contributed by atoms with Crippen molar-refractivity contribution in [2.24, 2.45) is 0 Å². The third-order valence-electron chi connectivity index (χ3n) is 2.62. The average molecular weight is 247 g/mol. The highest BCUT2D eigenvalue weighted by Gasteiger charge is 2.12. The highest BCUT2D eigenvalue weighted by atomic mass is 16.6. The molecule has 94 valence electrons. The van der Waals surface area contributed by atoms with Gasteiger partial charge in [0.15, 0.2) is 0 Å². The summed E-state index contributed by atoms with van der Waals surface area (Å²) in [6.45, 7) is 2.45. The molecule has 0 saturated carbocycles. The normalized spacial score (nSPS) is 12.3. The van der Waals surface area contributed by atoms with Gasteiger partial charge in [-0.2, -0.15) is 0 Å². The summed E-state index contributed by atoms with van der Waals surface area (Å²) >= 11 is 0. The van der Waals surface area contributed by atoms with Crippen LogP contribution in [0, 0.1) is 10.1 Å². The van der Waals surface area contributed by atoms with Gasteiger partial charge in [-0.3, -0.25) is 15.1 Å². The van der Waals surface area contributed by atoms with Crippen molar-refractivity contribution in [2.75, 3.05) is 0 Å². The highest BCUT2D eigenvalue weighted by Crippen LogP contribution is 2.17. The number of furan rings is 1. The average Bonchev–Trinajstić information content (AvgIpc) is 2.86. The molecule has 2 aromatic heterocycles.